The molecule has 0 bridgehead atoms. The first-order chi connectivity index (χ1) is 7.72. The maximum absolute atomic E-state index is 8.45. The van der Waals surface area contributed by atoms with Crippen LogP contribution in [0.15, 0.2) is 0 Å². The number of aromatic nitrogens is 3. The molecule has 0 unspecified atom stereocenters. The van der Waals surface area contributed by atoms with Gasteiger partial charge in [-0.3, -0.25) is 5.43 Å². The van der Waals surface area contributed by atoms with E-state index in [2.05, 4.69) is 25.8 Å². The highest BCUT2D eigenvalue weighted by molar-refractivity contribution is 5.36. The Balaban J connectivity index is 2.21. The molecule has 0 aliphatic carbocycles. The van der Waals surface area contributed by atoms with E-state index in [1.165, 1.54) is 0 Å². The Labute approximate surface area is 92.2 Å². The van der Waals surface area contributed by atoms with Gasteiger partial charge in [0.1, 0.15) is 0 Å². The van der Waals surface area contributed by atoms with Crippen LogP contribution in [-0.2, 0) is 4.74 Å². The molecule has 9 heteroatoms. The van der Waals surface area contributed by atoms with Crippen LogP contribution in [0.5, 0.6) is 0 Å². The number of hydrogen-bond acceptors (Lipinski definition) is 9. The number of nitrogen functional groups attached to an aromatic ring is 2. The van der Waals surface area contributed by atoms with Crippen molar-refractivity contribution in [1.29, 1.82) is 0 Å². The number of rotatable bonds is 7. The first kappa shape index (κ1) is 12.4. The van der Waals surface area contributed by atoms with E-state index in [4.69, 9.17) is 21.3 Å². The van der Waals surface area contributed by atoms with Gasteiger partial charge in [-0.1, -0.05) is 0 Å². The molecule has 0 radical (unpaired) electrons. The molecule has 0 fully saturated rings. The van der Waals surface area contributed by atoms with Gasteiger partial charge in [0.05, 0.1) is 19.8 Å². The van der Waals surface area contributed by atoms with Crippen LogP contribution in [0.4, 0.5) is 17.8 Å². The fourth-order valence-corrected chi connectivity index (χ4v) is 0.897. The first-order valence-electron chi connectivity index (χ1n) is 4.67. The van der Waals surface area contributed by atoms with E-state index in [0.29, 0.717) is 19.8 Å². The number of aliphatic hydroxyl groups is 1. The van der Waals surface area contributed by atoms with Gasteiger partial charge in [-0.15, -0.1) is 0 Å². The molecule has 90 valence electrons. The van der Waals surface area contributed by atoms with E-state index in [1.807, 2.05) is 0 Å². The number of nitrogens with zero attached hydrogens (tertiary/aromatic N) is 3. The highest BCUT2D eigenvalue weighted by atomic mass is 16.5. The Bertz CT molecular complexity index is 301. The van der Waals surface area contributed by atoms with Gasteiger partial charge in [-0.2, -0.15) is 15.0 Å². The van der Waals surface area contributed by atoms with Crippen LogP contribution in [0, 0.1) is 0 Å². The zero-order valence-electron chi connectivity index (χ0n) is 8.68. The van der Waals surface area contributed by atoms with Crippen LogP contribution < -0.4 is 22.3 Å². The van der Waals surface area contributed by atoms with Crippen molar-refractivity contribution in [2.24, 2.45) is 0 Å². The van der Waals surface area contributed by atoms with Crippen LogP contribution in [0.3, 0.4) is 0 Å². The summed E-state index contributed by atoms with van der Waals surface area (Å²) in [5.74, 6) is 0.341. The Morgan fingerprint density at radius 1 is 1.12 bits per heavy atom. The minimum absolute atomic E-state index is 0.00790. The van der Waals surface area contributed by atoms with Crippen LogP contribution in [0.25, 0.3) is 0 Å². The Morgan fingerprint density at radius 2 is 1.81 bits per heavy atom. The molecule has 0 amide bonds. The Morgan fingerprint density at radius 3 is 2.44 bits per heavy atom. The fraction of sp³-hybridized carbons (Fsp3) is 0.571. The summed E-state index contributed by atoms with van der Waals surface area (Å²) in [6.07, 6.45) is 0. The zero-order chi connectivity index (χ0) is 11.8. The molecule has 0 aliphatic rings. The van der Waals surface area contributed by atoms with Crippen LogP contribution in [-0.4, -0.2) is 46.4 Å². The lowest BCUT2D eigenvalue weighted by molar-refractivity contribution is 0.0947. The lowest BCUT2D eigenvalue weighted by Gasteiger charge is -2.07. The summed E-state index contributed by atoms with van der Waals surface area (Å²) in [5.41, 5.74) is 16.2. The molecular formula is C7H15N7O2. The van der Waals surface area contributed by atoms with Crippen LogP contribution in [0.2, 0.25) is 0 Å². The number of hydrazine groups is 1. The SMILES string of the molecule is Nc1nc(N)nc(NNCCOCCO)n1. The highest BCUT2D eigenvalue weighted by Gasteiger charge is 1.99. The summed E-state index contributed by atoms with van der Waals surface area (Å²) < 4.78 is 5.01. The van der Waals surface area contributed by atoms with E-state index in [9.17, 15) is 0 Å². The maximum atomic E-state index is 8.45. The van der Waals surface area contributed by atoms with Crippen molar-refractivity contribution in [3.05, 3.63) is 0 Å². The van der Waals surface area contributed by atoms with Gasteiger partial charge >= 0.3 is 0 Å². The second-order valence-electron chi connectivity index (χ2n) is 2.76. The number of hydrogen-bond donors (Lipinski definition) is 5. The third kappa shape index (κ3) is 4.68. The topological polar surface area (TPSA) is 144 Å². The van der Waals surface area contributed by atoms with Gasteiger partial charge in [0.15, 0.2) is 0 Å². The average molecular weight is 229 g/mol. The molecule has 0 atom stereocenters. The van der Waals surface area contributed by atoms with E-state index >= 15 is 0 Å². The van der Waals surface area contributed by atoms with E-state index in [-0.39, 0.29) is 24.5 Å². The summed E-state index contributed by atoms with van der Waals surface area (Å²) >= 11 is 0. The van der Waals surface area contributed by atoms with Crippen molar-refractivity contribution in [1.82, 2.24) is 20.4 Å². The molecule has 7 N–H and O–H groups in total. The molecule has 0 saturated carbocycles. The molecule has 0 spiro atoms. The molecule has 9 nitrogen and oxygen atoms in total. The smallest absolute Gasteiger partial charge is 0.243 e. The molecule has 16 heavy (non-hydrogen) atoms. The summed E-state index contributed by atoms with van der Waals surface area (Å²) in [7, 11) is 0. The van der Waals surface area contributed by atoms with Crippen molar-refractivity contribution in [2.75, 3.05) is 43.3 Å². The molecule has 1 rings (SSSR count). The fourth-order valence-electron chi connectivity index (χ4n) is 0.897. The van der Waals surface area contributed by atoms with Crippen LogP contribution in [0.1, 0.15) is 0 Å². The third-order valence-corrected chi connectivity index (χ3v) is 1.48. The molecule has 1 heterocycles. The Kier molecular flexibility index (Phi) is 5.19. The van der Waals surface area contributed by atoms with E-state index in [0.717, 1.165) is 0 Å². The monoisotopic (exact) mass is 229 g/mol. The molecule has 1 aromatic rings. The molecule has 0 aromatic carbocycles. The first-order valence-corrected chi connectivity index (χ1v) is 4.67. The van der Waals surface area contributed by atoms with Gasteiger partial charge in [0.25, 0.3) is 0 Å². The van der Waals surface area contributed by atoms with Crippen molar-refractivity contribution < 1.29 is 9.84 Å². The summed E-state index contributed by atoms with van der Waals surface area (Å²) in [6.45, 7) is 1.29. The lowest BCUT2D eigenvalue weighted by atomic mass is 10.7. The number of ether oxygens (including phenoxy) is 1. The summed E-state index contributed by atoms with van der Waals surface area (Å²) in [5, 5.41) is 8.45. The number of nitrogens with two attached hydrogens (primary N) is 2. The molecule has 1 aromatic heterocycles. The normalized spacial score (nSPS) is 10.3. The van der Waals surface area contributed by atoms with Gasteiger partial charge < -0.3 is 21.3 Å². The highest BCUT2D eigenvalue weighted by Crippen LogP contribution is 2.01. The van der Waals surface area contributed by atoms with E-state index in [1.54, 1.807) is 0 Å². The zero-order valence-corrected chi connectivity index (χ0v) is 8.68. The van der Waals surface area contributed by atoms with Gasteiger partial charge in [0.2, 0.25) is 17.8 Å². The standard InChI is InChI=1S/C7H15N7O2/c8-5-11-6(9)13-7(12-5)14-10-1-3-16-4-2-15/h10,15H,1-4H2,(H5,8,9,11,12,13,14). The minimum Gasteiger partial charge on any atom is -0.394 e. The quantitative estimate of drug-likeness (QED) is 0.264. The van der Waals surface area contributed by atoms with Crippen molar-refractivity contribution >= 4 is 17.8 Å². The van der Waals surface area contributed by atoms with Crippen molar-refractivity contribution in [3.8, 4) is 0 Å². The number of aliphatic hydroxyl groups excluding tert-OH is 1. The average Bonchev–Trinajstić information content (AvgIpc) is 2.22. The number of nitrogens with one attached hydrogen (secondary N) is 2. The third-order valence-electron chi connectivity index (χ3n) is 1.48. The van der Waals surface area contributed by atoms with Gasteiger partial charge in [0, 0.05) is 6.54 Å². The Hall–Kier alpha value is -1.71. The summed E-state index contributed by atoms with van der Waals surface area (Å²) in [6, 6.07) is 0. The number of anilines is 3. The molecule has 0 aliphatic heterocycles. The van der Waals surface area contributed by atoms with Gasteiger partial charge in [-0.25, -0.2) is 5.43 Å². The second kappa shape index (κ2) is 6.71. The van der Waals surface area contributed by atoms with E-state index < -0.39 is 0 Å². The maximum Gasteiger partial charge on any atom is 0.243 e. The lowest BCUT2D eigenvalue weighted by Crippen LogP contribution is -2.27. The summed E-state index contributed by atoms with van der Waals surface area (Å²) in [4.78, 5) is 11.2. The van der Waals surface area contributed by atoms with Crippen LogP contribution >= 0.6 is 0 Å². The molecular weight excluding hydrogens is 214 g/mol. The van der Waals surface area contributed by atoms with Gasteiger partial charge in [-0.05, 0) is 0 Å². The predicted octanol–water partition coefficient (Wildman–Crippen LogP) is -2.04. The second-order valence-corrected chi connectivity index (χ2v) is 2.76. The van der Waals surface area contributed by atoms with Crippen molar-refractivity contribution in [2.45, 2.75) is 0 Å². The molecule has 0 saturated heterocycles. The minimum atomic E-state index is 0.00790. The predicted molar refractivity (Wildman–Crippen MR) is 58.2 cm³/mol. The largest absolute Gasteiger partial charge is 0.394 e. The van der Waals surface area contributed by atoms with Crippen molar-refractivity contribution in [3.63, 3.8) is 0 Å².